The first-order valence-electron chi connectivity index (χ1n) is 6.27. The lowest BCUT2D eigenvalue weighted by Gasteiger charge is -2.09. The highest BCUT2D eigenvalue weighted by Gasteiger charge is 2.16. The van der Waals surface area contributed by atoms with E-state index in [0.717, 1.165) is 6.26 Å². The third-order valence-corrected chi connectivity index (χ3v) is 5.33. The second kappa shape index (κ2) is 6.35. The maximum Gasteiger partial charge on any atom is 0.233 e. The van der Waals surface area contributed by atoms with E-state index in [4.69, 9.17) is 11.6 Å². The van der Waals surface area contributed by atoms with Gasteiger partial charge in [0, 0.05) is 6.26 Å². The minimum atomic E-state index is -3.75. The average Bonchev–Trinajstić information content (AvgIpc) is 2.37. The van der Waals surface area contributed by atoms with Crippen LogP contribution in [0.5, 0.6) is 0 Å². The Kier molecular flexibility index (Phi) is 4.88. The van der Waals surface area contributed by atoms with Crippen LogP contribution in [0.15, 0.2) is 24.3 Å². The number of halogens is 1. The highest BCUT2D eigenvalue weighted by Crippen LogP contribution is 2.22. The molecular formula is C12H14ClN3O4S2. The standard InChI is InChI=1S/C12H14ClN3O4S2/c1-21(17,18)7-4-8-22(19,20)16-12-11(13)14-9-5-2-3-6-10(9)15-12/h2-3,5-6H,4,7-8H2,1H3,(H,15,16). The predicted molar refractivity (Wildman–Crippen MR) is 86.3 cm³/mol. The number of sulfone groups is 1. The molecule has 0 bridgehead atoms. The molecule has 1 heterocycles. The Bertz CT molecular complexity index is 898. The van der Waals surface area contributed by atoms with Crippen LogP contribution in [0.1, 0.15) is 6.42 Å². The number of fused-ring (bicyclic) bond motifs is 1. The van der Waals surface area contributed by atoms with Crippen LogP contribution in [0.4, 0.5) is 5.82 Å². The Morgan fingerprint density at radius 2 is 1.64 bits per heavy atom. The molecule has 0 unspecified atom stereocenters. The maximum atomic E-state index is 11.9. The normalized spacial score (nSPS) is 12.5. The molecule has 1 N–H and O–H groups in total. The number of anilines is 1. The van der Waals surface area contributed by atoms with Crippen molar-refractivity contribution in [2.45, 2.75) is 6.42 Å². The van der Waals surface area contributed by atoms with Crippen LogP contribution in [-0.4, -0.2) is 44.6 Å². The second-order valence-electron chi connectivity index (χ2n) is 4.76. The molecule has 0 saturated carbocycles. The number of sulfonamides is 1. The molecule has 0 aliphatic rings. The van der Waals surface area contributed by atoms with E-state index in [1.54, 1.807) is 24.3 Å². The molecular weight excluding hydrogens is 350 g/mol. The minimum absolute atomic E-state index is 0.00715. The largest absolute Gasteiger partial charge is 0.265 e. The van der Waals surface area contributed by atoms with E-state index in [9.17, 15) is 16.8 Å². The van der Waals surface area contributed by atoms with Gasteiger partial charge in [-0.1, -0.05) is 23.7 Å². The molecule has 0 fully saturated rings. The van der Waals surface area contributed by atoms with Gasteiger partial charge >= 0.3 is 0 Å². The molecule has 2 aromatic rings. The maximum absolute atomic E-state index is 11.9. The molecule has 0 spiro atoms. The number of rotatable bonds is 6. The highest BCUT2D eigenvalue weighted by atomic mass is 35.5. The van der Waals surface area contributed by atoms with Crippen molar-refractivity contribution in [2.75, 3.05) is 22.5 Å². The van der Waals surface area contributed by atoms with Gasteiger partial charge in [-0.2, -0.15) is 0 Å². The molecule has 7 nitrogen and oxygen atoms in total. The number of hydrogen-bond donors (Lipinski definition) is 1. The average molecular weight is 364 g/mol. The van der Waals surface area contributed by atoms with Crippen LogP contribution in [-0.2, 0) is 19.9 Å². The Labute approximate surface area is 133 Å². The summed E-state index contributed by atoms with van der Waals surface area (Å²) in [5.74, 6) is -0.615. The first-order valence-corrected chi connectivity index (χ1v) is 10.4. The number of benzene rings is 1. The molecule has 0 atom stereocenters. The summed E-state index contributed by atoms with van der Waals surface area (Å²) >= 11 is 5.92. The fraction of sp³-hybridized carbons (Fsp3) is 0.333. The van der Waals surface area contributed by atoms with Crippen molar-refractivity contribution in [1.29, 1.82) is 0 Å². The van der Waals surface area contributed by atoms with Gasteiger partial charge in [0.05, 0.1) is 22.5 Å². The minimum Gasteiger partial charge on any atom is -0.265 e. The number of nitrogens with zero attached hydrogens (tertiary/aromatic N) is 2. The topological polar surface area (TPSA) is 106 Å². The molecule has 0 saturated heterocycles. The van der Waals surface area contributed by atoms with Gasteiger partial charge in [0.2, 0.25) is 10.0 Å². The molecule has 120 valence electrons. The van der Waals surface area contributed by atoms with Crippen LogP contribution in [0.25, 0.3) is 11.0 Å². The molecule has 0 radical (unpaired) electrons. The van der Waals surface area contributed by atoms with Crippen molar-refractivity contribution in [1.82, 2.24) is 9.97 Å². The summed E-state index contributed by atoms with van der Waals surface area (Å²) < 4.78 is 48.2. The summed E-state index contributed by atoms with van der Waals surface area (Å²) in [5.41, 5.74) is 1.05. The van der Waals surface area contributed by atoms with Crippen molar-refractivity contribution in [3.8, 4) is 0 Å². The Hall–Kier alpha value is -1.45. The van der Waals surface area contributed by atoms with Gasteiger partial charge in [-0.25, -0.2) is 26.8 Å². The molecule has 22 heavy (non-hydrogen) atoms. The van der Waals surface area contributed by atoms with Crippen molar-refractivity contribution >= 4 is 48.3 Å². The lowest BCUT2D eigenvalue weighted by atomic mass is 10.3. The zero-order chi connectivity index (χ0) is 16.4. The van der Waals surface area contributed by atoms with Gasteiger partial charge in [0.15, 0.2) is 11.0 Å². The van der Waals surface area contributed by atoms with Crippen LogP contribution in [0.2, 0.25) is 5.15 Å². The summed E-state index contributed by atoms with van der Waals surface area (Å²) in [7, 11) is -6.95. The van der Waals surface area contributed by atoms with Crippen LogP contribution >= 0.6 is 11.6 Å². The van der Waals surface area contributed by atoms with E-state index < -0.39 is 19.9 Å². The van der Waals surface area contributed by atoms with E-state index in [-0.39, 0.29) is 28.9 Å². The summed E-state index contributed by atoms with van der Waals surface area (Å²) in [5, 5.41) is -0.0645. The van der Waals surface area contributed by atoms with Gasteiger partial charge in [-0.3, -0.25) is 4.72 Å². The summed E-state index contributed by atoms with van der Waals surface area (Å²) in [6, 6.07) is 6.90. The fourth-order valence-corrected chi connectivity index (χ4v) is 3.90. The van der Waals surface area contributed by atoms with Gasteiger partial charge in [-0.15, -0.1) is 0 Å². The SMILES string of the molecule is CS(=O)(=O)CCCS(=O)(=O)Nc1nc2ccccc2nc1Cl. The number of nitrogens with one attached hydrogen (secondary N) is 1. The van der Waals surface area contributed by atoms with Gasteiger partial charge in [0.1, 0.15) is 9.84 Å². The third kappa shape index (κ3) is 4.79. The molecule has 0 aliphatic heterocycles. The summed E-state index contributed by atoms with van der Waals surface area (Å²) in [4.78, 5) is 8.17. The van der Waals surface area contributed by atoms with E-state index in [1.165, 1.54) is 0 Å². The van der Waals surface area contributed by atoms with Crippen molar-refractivity contribution < 1.29 is 16.8 Å². The zero-order valence-corrected chi connectivity index (χ0v) is 14.0. The summed E-state index contributed by atoms with van der Waals surface area (Å²) in [6.45, 7) is 0. The lowest BCUT2D eigenvalue weighted by Crippen LogP contribution is -2.20. The fourth-order valence-electron chi connectivity index (χ4n) is 1.75. The van der Waals surface area contributed by atoms with E-state index in [1.807, 2.05) is 0 Å². The van der Waals surface area contributed by atoms with Crippen LogP contribution in [0, 0.1) is 0 Å². The van der Waals surface area contributed by atoms with E-state index >= 15 is 0 Å². The Morgan fingerprint density at radius 1 is 1.05 bits per heavy atom. The molecule has 1 aromatic carbocycles. The second-order valence-corrected chi connectivity index (χ2v) is 9.22. The van der Waals surface area contributed by atoms with E-state index in [0.29, 0.717) is 11.0 Å². The molecule has 0 aliphatic carbocycles. The molecule has 0 amide bonds. The van der Waals surface area contributed by atoms with Crippen LogP contribution < -0.4 is 4.72 Å². The number of hydrogen-bond acceptors (Lipinski definition) is 6. The first-order chi connectivity index (χ1) is 10.2. The number of para-hydroxylation sites is 2. The quantitative estimate of drug-likeness (QED) is 0.832. The van der Waals surface area contributed by atoms with Crippen molar-refractivity contribution in [3.63, 3.8) is 0 Å². The van der Waals surface area contributed by atoms with Gasteiger partial charge in [0.25, 0.3) is 0 Å². The molecule has 2 rings (SSSR count). The smallest absolute Gasteiger partial charge is 0.233 e. The Morgan fingerprint density at radius 3 is 2.23 bits per heavy atom. The molecule has 1 aromatic heterocycles. The lowest BCUT2D eigenvalue weighted by molar-refractivity contribution is 0.595. The molecule has 10 heteroatoms. The predicted octanol–water partition coefficient (Wildman–Crippen LogP) is 1.46. The van der Waals surface area contributed by atoms with Crippen LogP contribution in [0.3, 0.4) is 0 Å². The van der Waals surface area contributed by atoms with Gasteiger partial charge < -0.3 is 0 Å². The summed E-state index contributed by atoms with van der Waals surface area (Å²) in [6.07, 6.45) is 1.05. The van der Waals surface area contributed by atoms with Crippen molar-refractivity contribution in [2.24, 2.45) is 0 Å². The van der Waals surface area contributed by atoms with E-state index in [2.05, 4.69) is 14.7 Å². The van der Waals surface area contributed by atoms with Gasteiger partial charge in [-0.05, 0) is 18.6 Å². The van der Waals surface area contributed by atoms with Crippen molar-refractivity contribution in [3.05, 3.63) is 29.4 Å². The number of aromatic nitrogens is 2. The first kappa shape index (κ1) is 16.9. The Balaban J connectivity index is 2.17. The third-order valence-electron chi connectivity index (χ3n) is 2.71. The zero-order valence-electron chi connectivity index (χ0n) is 11.7. The monoisotopic (exact) mass is 363 g/mol. The highest BCUT2D eigenvalue weighted by molar-refractivity contribution is 7.93.